The smallest absolute Gasteiger partial charge is 0.268 e. The van der Waals surface area contributed by atoms with Crippen molar-refractivity contribution >= 4 is 57.9 Å². The van der Waals surface area contributed by atoms with Gasteiger partial charge in [0.2, 0.25) is 0 Å². The van der Waals surface area contributed by atoms with Crippen LogP contribution in [0.1, 0.15) is 5.56 Å². The molecule has 0 atom stereocenters. The first-order valence-corrected chi connectivity index (χ1v) is 7.91. The van der Waals surface area contributed by atoms with E-state index in [1.54, 1.807) is 48.5 Å². The Bertz CT molecular complexity index is 804. The van der Waals surface area contributed by atoms with Gasteiger partial charge in [-0.05, 0) is 47.7 Å². The SMILES string of the molecule is O=C1S/C(=C/c2ccccc2Cl)C(=O)N1c1cccc(Cl)c1. The van der Waals surface area contributed by atoms with Gasteiger partial charge in [-0.2, -0.15) is 0 Å². The van der Waals surface area contributed by atoms with Gasteiger partial charge in [-0.3, -0.25) is 9.59 Å². The molecular formula is C16H9Cl2NO2S. The summed E-state index contributed by atoms with van der Waals surface area (Å²) in [5, 5.41) is 0.634. The molecule has 6 heteroatoms. The van der Waals surface area contributed by atoms with Crippen LogP contribution in [0, 0.1) is 0 Å². The number of amides is 2. The molecular weight excluding hydrogens is 341 g/mol. The first kappa shape index (κ1) is 15.2. The van der Waals surface area contributed by atoms with E-state index in [-0.39, 0.29) is 11.1 Å². The number of anilines is 1. The summed E-state index contributed by atoms with van der Waals surface area (Å²) in [6.07, 6.45) is 1.62. The fraction of sp³-hybridized carbons (Fsp3) is 0. The van der Waals surface area contributed by atoms with Crippen molar-refractivity contribution in [3.63, 3.8) is 0 Å². The van der Waals surface area contributed by atoms with E-state index in [1.165, 1.54) is 0 Å². The van der Waals surface area contributed by atoms with Crippen molar-refractivity contribution in [2.45, 2.75) is 0 Å². The third kappa shape index (κ3) is 2.90. The minimum absolute atomic E-state index is 0.332. The number of benzene rings is 2. The van der Waals surface area contributed by atoms with Gasteiger partial charge in [-0.25, -0.2) is 4.90 Å². The first-order valence-electron chi connectivity index (χ1n) is 6.34. The molecule has 0 spiro atoms. The summed E-state index contributed by atoms with van der Waals surface area (Å²) >= 11 is 12.9. The zero-order chi connectivity index (χ0) is 15.7. The molecule has 0 aromatic heterocycles. The number of halogens is 2. The van der Waals surface area contributed by atoms with E-state index >= 15 is 0 Å². The lowest BCUT2D eigenvalue weighted by Crippen LogP contribution is -2.27. The Labute approximate surface area is 141 Å². The number of rotatable bonds is 2. The van der Waals surface area contributed by atoms with Crippen LogP contribution in [0.15, 0.2) is 53.4 Å². The van der Waals surface area contributed by atoms with Crippen LogP contribution in [-0.2, 0) is 4.79 Å². The molecule has 1 heterocycles. The second-order valence-electron chi connectivity index (χ2n) is 4.52. The predicted octanol–water partition coefficient (Wildman–Crippen LogP) is 5.23. The fourth-order valence-electron chi connectivity index (χ4n) is 2.04. The second-order valence-corrected chi connectivity index (χ2v) is 6.36. The number of carbonyl (C=O) groups is 2. The molecule has 3 rings (SSSR count). The zero-order valence-corrected chi connectivity index (χ0v) is 13.5. The van der Waals surface area contributed by atoms with Gasteiger partial charge in [0.25, 0.3) is 11.1 Å². The standard InChI is InChI=1S/C16H9Cl2NO2S/c17-11-5-3-6-12(9-11)19-15(20)14(22-16(19)21)8-10-4-1-2-7-13(10)18/h1-9H/b14-8+. The molecule has 0 radical (unpaired) electrons. The summed E-state index contributed by atoms with van der Waals surface area (Å²) in [6.45, 7) is 0. The molecule has 2 amide bonds. The quantitative estimate of drug-likeness (QED) is 0.696. The van der Waals surface area contributed by atoms with Crippen LogP contribution in [0.2, 0.25) is 10.0 Å². The van der Waals surface area contributed by atoms with Gasteiger partial charge in [-0.15, -0.1) is 0 Å². The van der Waals surface area contributed by atoms with Gasteiger partial charge in [0.15, 0.2) is 0 Å². The number of thioether (sulfide) groups is 1. The maximum absolute atomic E-state index is 12.5. The highest BCUT2D eigenvalue weighted by Crippen LogP contribution is 2.37. The Hall–Kier alpha value is -1.75. The number of hydrogen-bond donors (Lipinski definition) is 0. The fourth-order valence-corrected chi connectivity index (χ4v) is 3.25. The van der Waals surface area contributed by atoms with E-state index in [2.05, 4.69) is 0 Å². The van der Waals surface area contributed by atoms with Crippen LogP contribution in [0.25, 0.3) is 6.08 Å². The summed E-state index contributed by atoms with van der Waals surface area (Å²) in [4.78, 5) is 26.0. The van der Waals surface area contributed by atoms with Crippen molar-refractivity contribution in [3.05, 3.63) is 69.0 Å². The van der Waals surface area contributed by atoms with E-state index in [0.717, 1.165) is 16.7 Å². The van der Waals surface area contributed by atoms with E-state index in [0.29, 0.717) is 26.2 Å². The average molecular weight is 350 g/mol. The van der Waals surface area contributed by atoms with Crippen LogP contribution in [0.3, 0.4) is 0 Å². The summed E-state index contributed by atoms with van der Waals surface area (Å²) in [6, 6.07) is 13.8. The number of carbonyl (C=O) groups excluding carboxylic acids is 2. The van der Waals surface area contributed by atoms with Crippen molar-refractivity contribution < 1.29 is 9.59 Å². The van der Waals surface area contributed by atoms with Gasteiger partial charge in [0.1, 0.15) is 0 Å². The average Bonchev–Trinajstić information content (AvgIpc) is 2.76. The summed E-state index contributed by atoms with van der Waals surface area (Å²) in [5.41, 5.74) is 1.15. The molecule has 0 aliphatic carbocycles. The van der Waals surface area contributed by atoms with Crippen molar-refractivity contribution in [1.29, 1.82) is 0 Å². The van der Waals surface area contributed by atoms with Crippen molar-refractivity contribution in [2.75, 3.05) is 4.90 Å². The Balaban J connectivity index is 1.97. The highest BCUT2D eigenvalue weighted by Gasteiger charge is 2.36. The normalized spacial score (nSPS) is 16.6. The lowest BCUT2D eigenvalue weighted by atomic mass is 10.2. The minimum atomic E-state index is -0.378. The zero-order valence-electron chi connectivity index (χ0n) is 11.1. The first-order chi connectivity index (χ1) is 10.6. The number of nitrogens with zero attached hydrogens (tertiary/aromatic N) is 1. The minimum Gasteiger partial charge on any atom is -0.268 e. The third-order valence-corrected chi connectivity index (χ3v) is 4.50. The van der Waals surface area contributed by atoms with Gasteiger partial charge < -0.3 is 0 Å². The molecule has 2 aromatic carbocycles. The third-order valence-electron chi connectivity index (χ3n) is 3.05. The Morgan fingerprint density at radius 1 is 1.00 bits per heavy atom. The van der Waals surface area contributed by atoms with Crippen LogP contribution < -0.4 is 4.90 Å². The molecule has 3 nitrogen and oxygen atoms in total. The topological polar surface area (TPSA) is 37.4 Å². The number of imide groups is 1. The monoisotopic (exact) mass is 349 g/mol. The Morgan fingerprint density at radius 2 is 1.77 bits per heavy atom. The van der Waals surface area contributed by atoms with Crippen LogP contribution >= 0.6 is 35.0 Å². The lowest BCUT2D eigenvalue weighted by molar-refractivity contribution is -0.113. The van der Waals surface area contributed by atoms with Crippen LogP contribution in [0.4, 0.5) is 10.5 Å². The van der Waals surface area contributed by atoms with E-state index < -0.39 is 0 Å². The van der Waals surface area contributed by atoms with E-state index in [9.17, 15) is 9.59 Å². The van der Waals surface area contributed by atoms with Crippen molar-refractivity contribution in [3.8, 4) is 0 Å². The predicted molar refractivity (Wildman–Crippen MR) is 91.4 cm³/mol. The van der Waals surface area contributed by atoms with Gasteiger partial charge in [0.05, 0.1) is 10.6 Å². The summed E-state index contributed by atoms with van der Waals surface area (Å²) < 4.78 is 0. The van der Waals surface area contributed by atoms with Crippen LogP contribution in [-0.4, -0.2) is 11.1 Å². The maximum atomic E-state index is 12.5. The Kier molecular flexibility index (Phi) is 4.25. The molecule has 110 valence electrons. The molecule has 0 bridgehead atoms. The molecule has 1 aliphatic heterocycles. The molecule has 1 fully saturated rings. The molecule has 0 unspecified atom stereocenters. The molecule has 0 saturated carbocycles. The van der Waals surface area contributed by atoms with Gasteiger partial charge in [0, 0.05) is 10.0 Å². The van der Waals surface area contributed by atoms with Gasteiger partial charge in [-0.1, -0.05) is 47.5 Å². The summed E-state index contributed by atoms with van der Waals surface area (Å²) in [5.74, 6) is -0.378. The van der Waals surface area contributed by atoms with Crippen molar-refractivity contribution in [1.82, 2.24) is 0 Å². The van der Waals surface area contributed by atoms with Gasteiger partial charge >= 0.3 is 0 Å². The van der Waals surface area contributed by atoms with E-state index in [4.69, 9.17) is 23.2 Å². The lowest BCUT2D eigenvalue weighted by Gasteiger charge is -2.12. The molecule has 1 saturated heterocycles. The molecule has 0 N–H and O–H groups in total. The number of hydrogen-bond acceptors (Lipinski definition) is 3. The van der Waals surface area contributed by atoms with E-state index in [1.807, 2.05) is 6.07 Å². The molecule has 22 heavy (non-hydrogen) atoms. The second kappa shape index (κ2) is 6.16. The highest BCUT2D eigenvalue weighted by molar-refractivity contribution is 8.19. The van der Waals surface area contributed by atoms with Crippen LogP contribution in [0.5, 0.6) is 0 Å². The summed E-state index contributed by atoms with van der Waals surface area (Å²) in [7, 11) is 0. The molecule has 1 aliphatic rings. The Morgan fingerprint density at radius 3 is 2.50 bits per heavy atom. The maximum Gasteiger partial charge on any atom is 0.298 e. The highest BCUT2D eigenvalue weighted by atomic mass is 35.5. The largest absolute Gasteiger partial charge is 0.298 e. The molecule has 2 aromatic rings. The van der Waals surface area contributed by atoms with Crippen molar-refractivity contribution in [2.24, 2.45) is 0 Å².